The van der Waals surface area contributed by atoms with Crippen LogP contribution in [0.3, 0.4) is 0 Å². The van der Waals surface area contributed by atoms with Crippen molar-refractivity contribution in [2.45, 2.75) is 0 Å². The van der Waals surface area contributed by atoms with Gasteiger partial charge in [0.1, 0.15) is 5.65 Å². The van der Waals surface area contributed by atoms with Gasteiger partial charge in [-0.05, 0) is 39.9 Å². The Bertz CT molecular complexity index is 3660. The molecule has 0 saturated carbocycles. The molecule has 0 atom stereocenters. The second-order valence-electron chi connectivity index (χ2n) is 15.4. The second-order valence-corrected chi connectivity index (χ2v) is 21.6. The van der Waals surface area contributed by atoms with E-state index in [2.05, 4.69) is 219 Å². The van der Waals surface area contributed by atoms with Gasteiger partial charge in [0.2, 0.25) is 0 Å². The van der Waals surface area contributed by atoms with E-state index < -0.39 is 5.51 Å². The number of nitrogens with zero attached hydrogens (tertiary/aromatic N) is 3. The van der Waals surface area contributed by atoms with Crippen molar-refractivity contribution in [3.63, 3.8) is 0 Å². The fourth-order valence-corrected chi connectivity index (χ4v) is 14.1. The summed E-state index contributed by atoms with van der Waals surface area (Å²) < 4.78 is 2.37. The van der Waals surface area contributed by atoms with Crippen LogP contribution in [0.2, 0.25) is 0 Å². The molecule has 12 aromatic rings. The molecule has 0 aliphatic rings. The Hall–Kier alpha value is -6.67. The summed E-state index contributed by atoms with van der Waals surface area (Å²) in [5.41, 5.74) is 6.80. The van der Waals surface area contributed by atoms with E-state index in [4.69, 9.17) is 4.98 Å². The Labute approximate surface area is 348 Å². The van der Waals surface area contributed by atoms with Crippen LogP contribution in [0.15, 0.2) is 207 Å². The van der Waals surface area contributed by atoms with Crippen LogP contribution in [-0.2, 0) is 0 Å². The number of imidazole rings is 1. The molecule has 0 amide bonds. The van der Waals surface area contributed by atoms with Crippen molar-refractivity contribution < 1.29 is 0 Å². The van der Waals surface area contributed by atoms with Gasteiger partial charge in [-0.3, -0.25) is 4.98 Å². The van der Waals surface area contributed by atoms with Crippen LogP contribution in [0.1, 0.15) is 0 Å². The first-order valence-corrected chi connectivity index (χ1v) is 23.9. The van der Waals surface area contributed by atoms with Gasteiger partial charge in [-0.25, -0.2) is 4.98 Å². The summed E-state index contributed by atoms with van der Waals surface area (Å²) in [7, 11) is 0. The molecule has 276 valence electrons. The molecule has 3 heterocycles. The normalized spacial score (nSPS) is 12.1. The van der Waals surface area contributed by atoms with E-state index in [1.165, 1.54) is 64.7 Å². The topological polar surface area (TPSA) is 30.2 Å². The number of aromatic nitrogens is 3. The van der Waals surface area contributed by atoms with Crippen LogP contribution in [-0.4, -0.2) is 29.5 Å². The van der Waals surface area contributed by atoms with E-state index in [1.807, 2.05) is 12.4 Å². The maximum absolute atomic E-state index is 5.32. The van der Waals surface area contributed by atoms with Gasteiger partial charge in [0.05, 0.1) is 11.0 Å². The third kappa shape index (κ3) is 5.45. The van der Waals surface area contributed by atoms with Crippen LogP contribution in [0.4, 0.5) is 0 Å². The molecule has 0 saturated heterocycles. The number of hydrogen-bond donors (Lipinski definition) is 0. The maximum atomic E-state index is 5.32. The minimum atomic E-state index is -1.97. The van der Waals surface area contributed by atoms with Crippen molar-refractivity contribution in [1.82, 2.24) is 14.4 Å². The Morgan fingerprint density at radius 1 is 0.390 bits per heavy atom. The first-order chi connectivity index (χ1) is 29.1. The summed E-state index contributed by atoms with van der Waals surface area (Å²) in [5.74, 6) is 0. The van der Waals surface area contributed by atoms with Crippen LogP contribution in [0.25, 0.3) is 92.9 Å². The molecule has 0 spiro atoms. The first-order valence-electron chi connectivity index (χ1n) is 19.9. The molecule has 9 aromatic carbocycles. The average molecular weight is 835 g/mol. The standard InChI is InChI=1S/C54H34N3PSe/c59-58(43-14-3-1-4-15-43,44-16-5-2-6-17-44)45-24-21-38-27-37(19-20-39(38)28-45)40-23-26-52-48(30-40)47-29-35-11-7-8-12-36(35)31-49(47)54-56-51-25-22-41(32-53(51)57(52)54)50-34-55-33-42-13-9-10-18-46(42)50/h1-34H. The molecule has 59 heavy (non-hydrogen) atoms. The van der Waals surface area contributed by atoms with Crippen LogP contribution < -0.4 is 15.9 Å². The Morgan fingerprint density at radius 2 is 1.00 bits per heavy atom. The molecule has 0 unspecified atom stereocenters. The molecule has 3 nitrogen and oxygen atoms in total. The molecule has 0 bridgehead atoms. The first kappa shape index (κ1) is 34.4. The van der Waals surface area contributed by atoms with Gasteiger partial charge in [-0.2, -0.15) is 0 Å². The van der Waals surface area contributed by atoms with Crippen molar-refractivity contribution in [1.29, 1.82) is 0 Å². The monoisotopic (exact) mass is 835 g/mol. The number of pyridine rings is 2. The fraction of sp³-hybridized carbons (Fsp3) is 0. The van der Waals surface area contributed by atoms with Crippen LogP contribution >= 0.6 is 5.51 Å². The number of fused-ring (bicyclic) bond motifs is 11. The number of benzene rings is 9. The molecule has 5 heteroatoms. The van der Waals surface area contributed by atoms with Gasteiger partial charge >= 0.3 is 206 Å². The van der Waals surface area contributed by atoms with E-state index in [9.17, 15) is 0 Å². The molecule has 12 rings (SSSR count). The van der Waals surface area contributed by atoms with Crippen molar-refractivity contribution >= 4 is 107 Å². The second kappa shape index (κ2) is 13.4. The summed E-state index contributed by atoms with van der Waals surface area (Å²) in [6.45, 7) is 0. The van der Waals surface area contributed by atoms with Crippen molar-refractivity contribution in [2.75, 3.05) is 0 Å². The summed E-state index contributed by atoms with van der Waals surface area (Å²) >= 11 is 3.73. The van der Waals surface area contributed by atoms with Gasteiger partial charge in [0, 0.05) is 23.3 Å². The van der Waals surface area contributed by atoms with Gasteiger partial charge in [0.15, 0.2) is 0 Å². The zero-order valence-corrected chi connectivity index (χ0v) is 34.4. The predicted molar refractivity (Wildman–Crippen MR) is 253 cm³/mol. The van der Waals surface area contributed by atoms with Gasteiger partial charge < -0.3 is 0 Å². The average Bonchev–Trinajstić information content (AvgIpc) is 3.70. The Kier molecular flexibility index (Phi) is 7.84. The molecule has 3 aromatic heterocycles. The van der Waals surface area contributed by atoms with Crippen LogP contribution in [0.5, 0.6) is 0 Å². The zero-order chi connectivity index (χ0) is 39.1. The van der Waals surface area contributed by atoms with E-state index in [0.717, 1.165) is 44.1 Å². The molecule has 0 N–H and O–H groups in total. The summed E-state index contributed by atoms with van der Waals surface area (Å²) in [6, 6.07) is 71.1. The van der Waals surface area contributed by atoms with E-state index in [0.29, 0.717) is 0 Å². The predicted octanol–water partition coefficient (Wildman–Crippen LogP) is 12.4. The van der Waals surface area contributed by atoms with Gasteiger partial charge in [-0.15, -0.1) is 0 Å². The molecular weight excluding hydrogens is 801 g/mol. The fourth-order valence-electron chi connectivity index (χ4n) is 9.12. The molecule has 0 fully saturated rings. The third-order valence-electron chi connectivity index (χ3n) is 12.0. The summed E-state index contributed by atoms with van der Waals surface area (Å²) in [6.07, 6.45) is 3.92. The Morgan fingerprint density at radius 3 is 1.78 bits per heavy atom. The van der Waals surface area contributed by atoms with Gasteiger partial charge in [-0.1, -0.05) is 54.6 Å². The van der Waals surface area contributed by atoms with Crippen LogP contribution in [0, 0.1) is 0 Å². The SMILES string of the molecule is [Se]=P(c1ccccc1)(c1ccccc1)c1ccc2cc(-c3ccc4c(c3)c3cc5ccccc5cc3c3nc5ccc(-c6cncc7ccccc67)cc5n43)ccc2c1. The zero-order valence-electron chi connectivity index (χ0n) is 31.8. The summed E-state index contributed by atoms with van der Waals surface area (Å²) in [5, 5.41) is 14.7. The molecule has 0 radical (unpaired) electrons. The van der Waals surface area contributed by atoms with E-state index >= 15 is 0 Å². The van der Waals surface area contributed by atoms with E-state index in [1.54, 1.807) is 0 Å². The third-order valence-corrected chi connectivity index (χ3v) is 19.1. The number of hydrogen-bond acceptors (Lipinski definition) is 2. The van der Waals surface area contributed by atoms with Crippen molar-refractivity contribution in [2.24, 2.45) is 0 Å². The summed E-state index contributed by atoms with van der Waals surface area (Å²) in [4.78, 5) is 9.94. The quantitative estimate of drug-likeness (QED) is 0.0748. The minimum absolute atomic E-state index is 0.966. The van der Waals surface area contributed by atoms with Crippen molar-refractivity contribution in [3.05, 3.63) is 207 Å². The molecular formula is C54H34N3PSe. The number of rotatable bonds is 5. The Balaban J connectivity index is 1.05. The molecule has 0 aliphatic heterocycles. The van der Waals surface area contributed by atoms with Gasteiger partial charge in [0.25, 0.3) is 0 Å². The van der Waals surface area contributed by atoms with Crippen molar-refractivity contribution in [3.8, 4) is 22.3 Å². The molecule has 0 aliphatic carbocycles. The van der Waals surface area contributed by atoms with E-state index in [-0.39, 0.29) is 0 Å².